The lowest BCUT2D eigenvalue weighted by atomic mass is 10.1. The van der Waals surface area contributed by atoms with Crippen molar-refractivity contribution in [3.63, 3.8) is 0 Å². The summed E-state index contributed by atoms with van der Waals surface area (Å²) in [4.78, 5) is 22.4. The minimum atomic E-state index is -0.746. The standard InChI is InChI=1S/C14H19N3O5.ClH/c1-21-11-7-9(10(17(19)20)8-12(11)22-2)3-6-16-13(18)14(15)4-5-14;/h7-8H,3-6,15H2,1-2H3,(H,16,18);1H. The Bertz CT molecular complexity index is 604. The first-order valence-corrected chi connectivity index (χ1v) is 6.88. The van der Waals surface area contributed by atoms with E-state index in [2.05, 4.69) is 5.32 Å². The predicted molar refractivity (Wildman–Crippen MR) is 86.3 cm³/mol. The second-order valence-corrected chi connectivity index (χ2v) is 5.26. The first-order valence-electron chi connectivity index (χ1n) is 6.88. The van der Waals surface area contributed by atoms with Gasteiger partial charge in [-0.05, 0) is 25.3 Å². The molecule has 1 amide bonds. The van der Waals surface area contributed by atoms with Gasteiger partial charge in [0.15, 0.2) is 11.5 Å². The van der Waals surface area contributed by atoms with Crippen LogP contribution in [0.15, 0.2) is 12.1 Å². The van der Waals surface area contributed by atoms with Gasteiger partial charge < -0.3 is 20.5 Å². The summed E-state index contributed by atoms with van der Waals surface area (Å²) in [6.45, 7) is 0.272. The van der Waals surface area contributed by atoms with E-state index < -0.39 is 10.5 Å². The SMILES string of the molecule is COc1cc(CCNC(=O)C2(N)CC2)c([N+](=O)[O-])cc1OC.Cl. The Morgan fingerprint density at radius 2 is 1.91 bits per heavy atom. The lowest BCUT2D eigenvalue weighted by Crippen LogP contribution is -2.43. The average molecular weight is 346 g/mol. The van der Waals surface area contributed by atoms with Crippen LogP contribution in [0.2, 0.25) is 0 Å². The molecule has 0 aromatic heterocycles. The molecule has 1 aliphatic carbocycles. The number of halogens is 1. The molecule has 0 unspecified atom stereocenters. The third-order valence-corrected chi connectivity index (χ3v) is 3.70. The van der Waals surface area contributed by atoms with E-state index in [4.69, 9.17) is 15.2 Å². The third-order valence-electron chi connectivity index (χ3n) is 3.70. The molecule has 128 valence electrons. The van der Waals surface area contributed by atoms with Crippen LogP contribution in [-0.2, 0) is 11.2 Å². The van der Waals surface area contributed by atoms with E-state index in [1.807, 2.05) is 0 Å². The fraction of sp³-hybridized carbons (Fsp3) is 0.500. The quantitative estimate of drug-likeness (QED) is 0.566. The molecule has 0 saturated heterocycles. The molecule has 23 heavy (non-hydrogen) atoms. The van der Waals surface area contributed by atoms with Crippen LogP contribution < -0.4 is 20.5 Å². The summed E-state index contributed by atoms with van der Waals surface area (Å²) in [7, 11) is 2.87. The third kappa shape index (κ3) is 4.23. The molecular weight excluding hydrogens is 326 g/mol. The molecule has 0 radical (unpaired) electrons. The van der Waals surface area contributed by atoms with Crippen LogP contribution in [0.25, 0.3) is 0 Å². The van der Waals surface area contributed by atoms with Gasteiger partial charge in [-0.2, -0.15) is 0 Å². The fourth-order valence-electron chi connectivity index (χ4n) is 2.13. The van der Waals surface area contributed by atoms with Crippen molar-refractivity contribution in [3.8, 4) is 11.5 Å². The minimum absolute atomic E-state index is 0. The summed E-state index contributed by atoms with van der Waals surface area (Å²) in [5.74, 6) is 0.489. The van der Waals surface area contributed by atoms with E-state index in [1.165, 1.54) is 20.3 Å². The van der Waals surface area contributed by atoms with Crippen LogP contribution in [0, 0.1) is 10.1 Å². The Kier molecular flexibility index (Phi) is 6.17. The largest absolute Gasteiger partial charge is 0.493 e. The first-order chi connectivity index (χ1) is 10.4. The fourth-order valence-corrected chi connectivity index (χ4v) is 2.13. The van der Waals surface area contributed by atoms with Gasteiger partial charge in [0, 0.05) is 12.1 Å². The van der Waals surface area contributed by atoms with E-state index in [0.717, 1.165) is 0 Å². The highest BCUT2D eigenvalue weighted by atomic mass is 35.5. The van der Waals surface area contributed by atoms with Gasteiger partial charge in [-0.25, -0.2) is 0 Å². The average Bonchev–Trinajstić information content (AvgIpc) is 3.25. The number of carbonyl (C=O) groups excluding carboxylic acids is 1. The van der Waals surface area contributed by atoms with Gasteiger partial charge in [-0.1, -0.05) is 0 Å². The van der Waals surface area contributed by atoms with Gasteiger partial charge in [0.2, 0.25) is 5.91 Å². The molecule has 1 aromatic rings. The van der Waals surface area contributed by atoms with Crippen LogP contribution in [0.5, 0.6) is 11.5 Å². The highest BCUT2D eigenvalue weighted by Crippen LogP contribution is 2.35. The number of hydrogen-bond acceptors (Lipinski definition) is 6. The number of nitrogens with two attached hydrogens (primary N) is 1. The van der Waals surface area contributed by atoms with Gasteiger partial charge in [-0.3, -0.25) is 14.9 Å². The van der Waals surface area contributed by atoms with E-state index >= 15 is 0 Å². The first kappa shape index (κ1) is 19.0. The maximum absolute atomic E-state index is 11.7. The molecule has 0 atom stereocenters. The van der Waals surface area contributed by atoms with Gasteiger partial charge in [0.05, 0.1) is 30.7 Å². The highest BCUT2D eigenvalue weighted by Gasteiger charge is 2.45. The molecule has 1 saturated carbocycles. The van der Waals surface area contributed by atoms with E-state index in [0.29, 0.717) is 36.3 Å². The van der Waals surface area contributed by atoms with E-state index in [9.17, 15) is 14.9 Å². The van der Waals surface area contributed by atoms with Gasteiger partial charge in [-0.15, -0.1) is 12.4 Å². The molecule has 0 heterocycles. The van der Waals surface area contributed by atoms with Crippen LogP contribution in [0.4, 0.5) is 5.69 Å². The molecule has 2 rings (SSSR count). The number of benzene rings is 1. The number of methoxy groups -OCH3 is 2. The zero-order chi connectivity index (χ0) is 16.3. The number of nitrogens with one attached hydrogen (secondary N) is 1. The summed E-state index contributed by atoms with van der Waals surface area (Å²) in [6.07, 6.45) is 1.66. The lowest BCUT2D eigenvalue weighted by molar-refractivity contribution is -0.385. The van der Waals surface area contributed by atoms with Crippen LogP contribution in [0.1, 0.15) is 18.4 Å². The molecule has 1 fully saturated rings. The molecule has 9 heteroatoms. The molecule has 1 aliphatic rings. The maximum atomic E-state index is 11.7. The predicted octanol–water partition coefficient (Wildman–Crippen LogP) is 1.18. The number of nitro groups is 1. The summed E-state index contributed by atoms with van der Waals surface area (Å²) in [5.41, 5.74) is 5.42. The molecular formula is C14H20ClN3O5. The normalized spacial score (nSPS) is 14.4. The van der Waals surface area contributed by atoms with Gasteiger partial charge in [0.1, 0.15) is 0 Å². The second kappa shape index (κ2) is 7.47. The number of nitro benzene ring substituents is 1. The van der Waals surface area contributed by atoms with Crippen molar-refractivity contribution in [1.29, 1.82) is 0 Å². The Morgan fingerprint density at radius 1 is 1.35 bits per heavy atom. The van der Waals surface area contributed by atoms with Gasteiger partial charge in [0.25, 0.3) is 5.69 Å². The van der Waals surface area contributed by atoms with Crippen molar-refractivity contribution in [2.75, 3.05) is 20.8 Å². The van der Waals surface area contributed by atoms with E-state index in [1.54, 1.807) is 6.07 Å². The number of hydrogen-bond donors (Lipinski definition) is 2. The summed E-state index contributed by atoms with van der Waals surface area (Å²) >= 11 is 0. The molecule has 8 nitrogen and oxygen atoms in total. The highest BCUT2D eigenvalue weighted by molar-refractivity contribution is 5.88. The number of carbonyl (C=O) groups is 1. The summed E-state index contributed by atoms with van der Waals surface area (Å²) < 4.78 is 10.2. The van der Waals surface area contributed by atoms with Crippen molar-refractivity contribution < 1.29 is 19.2 Å². The number of rotatable bonds is 7. The monoisotopic (exact) mass is 345 g/mol. The molecule has 1 aromatic carbocycles. The van der Waals surface area contributed by atoms with Crippen LogP contribution in [0.3, 0.4) is 0 Å². The molecule has 0 aliphatic heterocycles. The second-order valence-electron chi connectivity index (χ2n) is 5.26. The molecule has 3 N–H and O–H groups in total. The van der Waals surface area contributed by atoms with Crippen molar-refractivity contribution in [1.82, 2.24) is 5.32 Å². The van der Waals surface area contributed by atoms with Crippen LogP contribution >= 0.6 is 12.4 Å². The Hall–Kier alpha value is -2.06. The topological polar surface area (TPSA) is 117 Å². The molecule has 0 spiro atoms. The van der Waals surface area contributed by atoms with Crippen molar-refractivity contribution in [3.05, 3.63) is 27.8 Å². The minimum Gasteiger partial charge on any atom is -0.493 e. The number of nitrogens with zero attached hydrogens (tertiary/aromatic N) is 1. The van der Waals surface area contributed by atoms with Crippen molar-refractivity contribution >= 4 is 24.0 Å². The summed E-state index contributed by atoms with van der Waals surface area (Å²) in [6, 6.07) is 2.87. The van der Waals surface area contributed by atoms with Crippen molar-refractivity contribution in [2.45, 2.75) is 24.8 Å². The van der Waals surface area contributed by atoms with Crippen molar-refractivity contribution in [2.24, 2.45) is 5.73 Å². The van der Waals surface area contributed by atoms with E-state index in [-0.39, 0.29) is 30.5 Å². The number of ether oxygens (including phenoxy) is 2. The van der Waals surface area contributed by atoms with Gasteiger partial charge >= 0.3 is 0 Å². The smallest absolute Gasteiger partial charge is 0.276 e. The number of amides is 1. The van der Waals surface area contributed by atoms with Crippen LogP contribution in [-0.4, -0.2) is 37.1 Å². The Labute approximate surface area is 139 Å². The lowest BCUT2D eigenvalue weighted by Gasteiger charge is -2.12. The molecule has 0 bridgehead atoms. The maximum Gasteiger partial charge on any atom is 0.276 e. The Balaban J connectivity index is 0.00000264. The summed E-state index contributed by atoms with van der Waals surface area (Å²) in [5, 5.41) is 13.9. The zero-order valence-electron chi connectivity index (χ0n) is 13.0. The Morgan fingerprint density at radius 3 is 2.39 bits per heavy atom. The zero-order valence-corrected chi connectivity index (χ0v) is 13.8.